The highest BCUT2D eigenvalue weighted by molar-refractivity contribution is 7.89. The van der Waals surface area contributed by atoms with E-state index in [0.717, 1.165) is 12.8 Å². The van der Waals surface area contributed by atoms with E-state index in [4.69, 9.17) is 14.6 Å². The van der Waals surface area contributed by atoms with E-state index in [1.807, 2.05) is 13.8 Å². The van der Waals surface area contributed by atoms with Gasteiger partial charge in [0.05, 0.1) is 25.6 Å². The molecule has 0 saturated carbocycles. The first kappa shape index (κ1) is 13.9. The summed E-state index contributed by atoms with van der Waals surface area (Å²) in [5.41, 5.74) is -0.358. The second kappa shape index (κ2) is 5.44. The molecule has 1 heterocycles. The molecule has 0 aliphatic carbocycles. The van der Waals surface area contributed by atoms with Crippen LogP contribution in [0.25, 0.3) is 0 Å². The number of primary sulfonamides is 1. The maximum absolute atomic E-state index is 11.2. The molecular weight excluding hydrogens is 230 g/mol. The normalized spacial score (nSPS) is 18.4. The molecule has 0 aromatic rings. The third kappa shape index (κ3) is 4.01. The van der Waals surface area contributed by atoms with Crippen LogP contribution in [0.1, 0.15) is 26.7 Å². The maximum atomic E-state index is 11.2. The van der Waals surface area contributed by atoms with Gasteiger partial charge in [-0.2, -0.15) is 0 Å². The van der Waals surface area contributed by atoms with Crippen molar-refractivity contribution in [3.63, 3.8) is 0 Å². The molecule has 0 atom stereocenters. The SMILES string of the molecule is CCC(CC)(COC1COC1)CS(N)(=O)=O. The average molecular weight is 251 g/mol. The van der Waals surface area contributed by atoms with E-state index < -0.39 is 10.0 Å². The lowest BCUT2D eigenvalue weighted by Crippen LogP contribution is -2.42. The van der Waals surface area contributed by atoms with Gasteiger partial charge in [0.1, 0.15) is 6.10 Å². The summed E-state index contributed by atoms with van der Waals surface area (Å²) in [6.45, 7) is 5.59. The topological polar surface area (TPSA) is 78.6 Å². The van der Waals surface area contributed by atoms with Gasteiger partial charge in [-0.1, -0.05) is 13.8 Å². The lowest BCUT2D eigenvalue weighted by molar-refractivity contribution is -0.145. The minimum Gasteiger partial charge on any atom is -0.376 e. The first-order valence-corrected chi connectivity index (χ1v) is 7.32. The average Bonchev–Trinajstić information content (AvgIpc) is 2.11. The van der Waals surface area contributed by atoms with Gasteiger partial charge in [-0.3, -0.25) is 0 Å². The first-order chi connectivity index (χ1) is 7.41. The molecule has 0 bridgehead atoms. The van der Waals surface area contributed by atoms with E-state index in [1.165, 1.54) is 0 Å². The Morgan fingerprint density at radius 3 is 2.25 bits per heavy atom. The third-order valence-electron chi connectivity index (χ3n) is 3.24. The Kier molecular flexibility index (Phi) is 4.73. The predicted octanol–water partition coefficient (Wildman–Crippen LogP) is 0.497. The van der Waals surface area contributed by atoms with Crippen molar-refractivity contribution in [3.8, 4) is 0 Å². The van der Waals surface area contributed by atoms with Crippen LogP contribution in [0.5, 0.6) is 0 Å². The van der Waals surface area contributed by atoms with Gasteiger partial charge in [0, 0.05) is 5.41 Å². The van der Waals surface area contributed by atoms with Crippen molar-refractivity contribution in [1.29, 1.82) is 0 Å². The molecule has 6 heteroatoms. The van der Waals surface area contributed by atoms with E-state index in [-0.39, 0.29) is 17.3 Å². The van der Waals surface area contributed by atoms with Gasteiger partial charge >= 0.3 is 0 Å². The Hall–Kier alpha value is -0.170. The Labute approximate surface area is 97.3 Å². The summed E-state index contributed by atoms with van der Waals surface area (Å²) in [5, 5.41) is 5.12. The highest BCUT2D eigenvalue weighted by atomic mass is 32.2. The van der Waals surface area contributed by atoms with E-state index in [0.29, 0.717) is 19.8 Å². The van der Waals surface area contributed by atoms with E-state index in [9.17, 15) is 8.42 Å². The molecule has 0 unspecified atom stereocenters. The van der Waals surface area contributed by atoms with Crippen LogP contribution in [0, 0.1) is 5.41 Å². The van der Waals surface area contributed by atoms with Crippen molar-refractivity contribution < 1.29 is 17.9 Å². The summed E-state index contributed by atoms with van der Waals surface area (Å²) in [6.07, 6.45) is 1.61. The van der Waals surface area contributed by atoms with Crippen molar-refractivity contribution in [3.05, 3.63) is 0 Å². The van der Waals surface area contributed by atoms with Crippen LogP contribution < -0.4 is 5.14 Å². The van der Waals surface area contributed by atoms with Crippen LogP contribution in [0.4, 0.5) is 0 Å². The number of rotatable bonds is 7. The van der Waals surface area contributed by atoms with Gasteiger partial charge in [0.2, 0.25) is 10.0 Å². The Morgan fingerprint density at radius 2 is 1.94 bits per heavy atom. The molecule has 1 saturated heterocycles. The minimum atomic E-state index is -3.45. The van der Waals surface area contributed by atoms with Crippen LogP contribution in [0.3, 0.4) is 0 Å². The van der Waals surface area contributed by atoms with Crippen LogP contribution in [-0.4, -0.2) is 40.1 Å². The van der Waals surface area contributed by atoms with Gasteiger partial charge < -0.3 is 9.47 Å². The smallest absolute Gasteiger partial charge is 0.209 e. The number of hydrogen-bond acceptors (Lipinski definition) is 4. The molecule has 0 aromatic heterocycles. The zero-order valence-corrected chi connectivity index (χ0v) is 10.8. The number of sulfonamides is 1. The van der Waals surface area contributed by atoms with Gasteiger partial charge in [0.15, 0.2) is 0 Å². The van der Waals surface area contributed by atoms with E-state index >= 15 is 0 Å². The van der Waals surface area contributed by atoms with Gasteiger partial charge in [-0.25, -0.2) is 13.6 Å². The summed E-state index contributed by atoms with van der Waals surface area (Å²) in [7, 11) is -3.45. The van der Waals surface area contributed by atoms with E-state index in [2.05, 4.69) is 0 Å². The van der Waals surface area contributed by atoms with Gasteiger partial charge in [-0.05, 0) is 12.8 Å². The van der Waals surface area contributed by atoms with Crippen molar-refractivity contribution in [2.75, 3.05) is 25.6 Å². The molecule has 16 heavy (non-hydrogen) atoms. The highest BCUT2D eigenvalue weighted by Crippen LogP contribution is 2.29. The highest BCUT2D eigenvalue weighted by Gasteiger charge is 2.33. The van der Waals surface area contributed by atoms with Crippen molar-refractivity contribution in [2.45, 2.75) is 32.8 Å². The number of hydrogen-bond donors (Lipinski definition) is 1. The van der Waals surface area contributed by atoms with Gasteiger partial charge in [0.25, 0.3) is 0 Å². The molecule has 1 aliphatic heterocycles. The van der Waals surface area contributed by atoms with Crippen molar-refractivity contribution in [1.82, 2.24) is 0 Å². The molecule has 96 valence electrons. The zero-order valence-electron chi connectivity index (χ0n) is 9.94. The maximum Gasteiger partial charge on any atom is 0.209 e. The Morgan fingerprint density at radius 1 is 1.38 bits per heavy atom. The summed E-state index contributed by atoms with van der Waals surface area (Å²) >= 11 is 0. The summed E-state index contributed by atoms with van der Waals surface area (Å²) in [6, 6.07) is 0. The summed E-state index contributed by atoms with van der Waals surface area (Å²) in [4.78, 5) is 0. The van der Waals surface area contributed by atoms with Crippen LogP contribution in [0.2, 0.25) is 0 Å². The molecule has 0 radical (unpaired) electrons. The molecule has 0 amide bonds. The second-order valence-corrected chi connectivity index (χ2v) is 6.10. The summed E-state index contributed by atoms with van der Waals surface area (Å²) < 4.78 is 33.0. The fraction of sp³-hybridized carbons (Fsp3) is 1.00. The minimum absolute atomic E-state index is 0.0133. The third-order valence-corrected chi connectivity index (χ3v) is 4.25. The van der Waals surface area contributed by atoms with E-state index in [1.54, 1.807) is 0 Å². The fourth-order valence-corrected chi connectivity index (χ4v) is 3.08. The number of ether oxygens (including phenoxy) is 2. The monoisotopic (exact) mass is 251 g/mol. The molecule has 0 aromatic carbocycles. The second-order valence-electron chi connectivity index (χ2n) is 4.48. The van der Waals surface area contributed by atoms with Crippen LogP contribution in [0.15, 0.2) is 0 Å². The summed E-state index contributed by atoms with van der Waals surface area (Å²) in [5.74, 6) is -0.0133. The molecule has 2 N–H and O–H groups in total. The van der Waals surface area contributed by atoms with Crippen molar-refractivity contribution in [2.24, 2.45) is 10.6 Å². The standard InChI is InChI=1S/C10H21NO4S/c1-3-10(4-2,8-16(11,12)13)7-15-9-5-14-6-9/h9H,3-8H2,1-2H3,(H2,11,12,13). The Bertz CT molecular complexity index is 307. The quantitative estimate of drug-likeness (QED) is 0.714. The first-order valence-electron chi connectivity index (χ1n) is 5.60. The van der Waals surface area contributed by atoms with Crippen LogP contribution >= 0.6 is 0 Å². The molecule has 0 spiro atoms. The van der Waals surface area contributed by atoms with Crippen LogP contribution in [-0.2, 0) is 19.5 Å². The molecule has 1 fully saturated rings. The fourth-order valence-electron chi connectivity index (χ4n) is 1.73. The Balaban J connectivity index is 2.55. The molecule has 1 aliphatic rings. The predicted molar refractivity (Wildman–Crippen MR) is 61.5 cm³/mol. The zero-order chi connectivity index (χ0) is 12.2. The molecule has 5 nitrogen and oxygen atoms in total. The van der Waals surface area contributed by atoms with Crippen molar-refractivity contribution >= 4 is 10.0 Å². The van der Waals surface area contributed by atoms with Gasteiger partial charge in [-0.15, -0.1) is 0 Å². The lowest BCUT2D eigenvalue weighted by Gasteiger charge is -2.34. The lowest BCUT2D eigenvalue weighted by atomic mass is 9.85. The largest absolute Gasteiger partial charge is 0.376 e. The molecular formula is C10H21NO4S. The molecule has 1 rings (SSSR count). The number of nitrogens with two attached hydrogens (primary N) is 1.